The lowest BCUT2D eigenvalue weighted by molar-refractivity contribution is 0.0912. The monoisotopic (exact) mass is 277 g/mol. The number of aliphatic hydroxyl groups excluding tert-OH is 1. The minimum atomic E-state index is -0.423. The van der Waals surface area contributed by atoms with Crippen molar-refractivity contribution in [3.8, 4) is 0 Å². The summed E-state index contributed by atoms with van der Waals surface area (Å²) >= 11 is 1.36. The Kier molecular flexibility index (Phi) is 4.48. The van der Waals surface area contributed by atoms with Gasteiger partial charge in [-0.3, -0.25) is 4.79 Å². The number of hydrogen-bond donors (Lipinski definition) is 3. The molecule has 0 aliphatic heterocycles. The van der Waals surface area contributed by atoms with Crippen LogP contribution in [0, 0.1) is 0 Å². The Hall–Kier alpha value is -1.92. The highest BCUT2D eigenvalue weighted by Gasteiger charge is 2.16. The topological polar surface area (TPSA) is 74.2 Å². The highest BCUT2D eigenvalue weighted by molar-refractivity contribution is 7.13. The largest absolute Gasteiger partial charge is 0.394 e. The van der Waals surface area contributed by atoms with Gasteiger partial charge in [0, 0.05) is 12.4 Å². The number of benzene rings is 1. The minimum Gasteiger partial charge on any atom is -0.394 e. The van der Waals surface area contributed by atoms with Crippen molar-refractivity contribution in [2.75, 3.05) is 19.0 Å². The van der Waals surface area contributed by atoms with E-state index in [-0.39, 0.29) is 12.5 Å². The Morgan fingerprint density at radius 1 is 1.42 bits per heavy atom. The zero-order chi connectivity index (χ0) is 13.7. The van der Waals surface area contributed by atoms with E-state index in [0.29, 0.717) is 10.8 Å². The number of carbonyl (C=O) groups is 1. The van der Waals surface area contributed by atoms with Crippen molar-refractivity contribution in [1.29, 1.82) is 0 Å². The Balaban J connectivity index is 2.08. The molecule has 1 amide bonds. The van der Waals surface area contributed by atoms with Crippen molar-refractivity contribution in [3.05, 3.63) is 47.0 Å². The van der Waals surface area contributed by atoms with Gasteiger partial charge in [-0.1, -0.05) is 30.3 Å². The number of anilines is 1. The zero-order valence-corrected chi connectivity index (χ0v) is 11.3. The van der Waals surface area contributed by atoms with Crippen molar-refractivity contribution in [2.45, 2.75) is 6.04 Å². The minimum absolute atomic E-state index is 0.154. The van der Waals surface area contributed by atoms with Crippen LogP contribution in [0.4, 0.5) is 5.13 Å². The summed E-state index contributed by atoms with van der Waals surface area (Å²) in [4.78, 5) is 16.1. The van der Waals surface area contributed by atoms with Crippen LogP contribution in [0.15, 0.2) is 35.7 Å². The van der Waals surface area contributed by atoms with Crippen LogP contribution in [-0.2, 0) is 0 Å². The fraction of sp³-hybridized carbons (Fsp3) is 0.231. The SMILES string of the molecule is CNc1nc(C(=O)N[C@H](CO)c2ccccc2)cs1. The molecule has 1 atom stereocenters. The summed E-state index contributed by atoms with van der Waals surface area (Å²) in [5, 5.41) is 17.4. The van der Waals surface area contributed by atoms with E-state index in [1.807, 2.05) is 30.3 Å². The van der Waals surface area contributed by atoms with E-state index in [0.717, 1.165) is 5.56 Å². The molecule has 19 heavy (non-hydrogen) atoms. The van der Waals surface area contributed by atoms with E-state index in [4.69, 9.17) is 0 Å². The molecule has 6 heteroatoms. The van der Waals surface area contributed by atoms with Crippen molar-refractivity contribution in [1.82, 2.24) is 10.3 Å². The first-order chi connectivity index (χ1) is 9.24. The molecule has 0 saturated heterocycles. The number of aliphatic hydroxyl groups is 1. The van der Waals surface area contributed by atoms with Crippen molar-refractivity contribution < 1.29 is 9.90 Å². The molecule has 0 saturated carbocycles. The summed E-state index contributed by atoms with van der Waals surface area (Å²) in [6.45, 7) is -0.154. The molecule has 5 nitrogen and oxygen atoms in total. The Bertz CT molecular complexity index is 542. The highest BCUT2D eigenvalue weighted by Crippen LogP contribution is 2.16. The predicted molar refractivity (Wildman–Crippen MR) is 75.4 cm³/mol. The van der Waals surface area contributed by atoms with Gasteiger partial charge in [0.2, 0.25) is 0 Å². The molecule has 0 spiro atoms. The molecule has 0 bridgehead atoms. The summed E-state index contributed by atoms with van der Waals surface area (Å²) in [7, 11) is 1.75. The second-order valence-corrected chi connectivity index (χ2v) is 4.77. The second kappa shape index (κ2) is 6.31. The zero-order valence-electron chi connectivity index (χ0n) is 10.5. The maximum Gasteiger partial charge on any atom is 0.271 e. The summed E-state index contributed by atoms with van der Waals surface area (Å²) in [6.07, 6.45) is 0. The summed E-state index contributed by atoms with van der Waals surface area (Å²) in [5.74, 6) is -0.291. The average molecular weight is 277 g/mol. The third kappa shape index (κ3) is 3.30. The smallest absolute Gasteiger partial charge is 0.271 e. The standard InChI is InChI=1S/C13H15N3O2S/c1-14-13-16-11(8-19-13)12(18)15-10(7-17)9-5-3-2-4-6-9/h2-6,8,10,17H,7H2,1H3,(H,14,16)(H,15,18)/t10-/m1/s1. The number of aromatic nitrogens is 1. The van der Waals surface area contributed by atoms with Crippen molar-refractivity contribution in [2.24, 2.45) is 0 Å². The molecule has 3 N–H and O–H groups in total. The lowest BCUT2D eigenvalue weighted by Crippen LogP contribution is -2.31. The van der Waals surface area contributed by atoms with Gasteiger partial charge in [0.1, 0.15) is 5.69 Å². The summed E-state index contributed by atoms with van der Waals surface area (Å²) < 4.78 is 0. The lowest BCUT2D eigenvalue weighted by atomic mass is 10.1. The predicted octanol–water partition coefficient (Wildman–Crippen LogP) is 1.65. The molecular weight excluding hydrogens is 262 g/mol. The van der Waals surface area contributed by atoms with E-state index >= 15 is 0 Å². The molecule has 100 valence electrons. The lowest BCUT2D eigenvalue weighted by Gasteiger charge is -2.15. The van der Waals surface area contributed by atoms with E-state index in [1.165, 1.54) is 11.3 Å². The second-order valence-electron chi connectivity index (χ2n) is 3.91. The average Bonchev–Trinajstić information content (AvgIpc) is 2.94. The van der Waals surface area contributed by atoms with Crippen LogP contribution in [0.25, 0.3) is 0 Å². The third-order valence-corrected chi connectivity index (χ3v) is 3.50. The summed E-state index contributed by atoms with van der Waals surface area (Å²) in [5.41, 5.74) is 1.21. The molecule has 0 fully saturated rings. The number of carbonyl (C=O) groups excluding carboxylic acids is 1. The first kappa shape index (κ1) is 13.5. The Morgan fingerprint density at radius 2 is 2.16 bits per heavy atom. The van der Waals surface area contributed by atoms with Crippen LogP contribution >= 0.6 is 11.3 Å². The fourth-order valence-electron chi connectivity index (χ4n) is 1.64. The molecule has 2 aromatic rings. The molecule has 0 unspecified atom stereocenters. The van der Waals surface area contributed by atoms with Crippen molar-refractivity contribution in [3.63, 3.8) is 0 Å². The van der Waals surface area contributed by atoms with Gasteiger partial charge >= 0.3 is 0 Å². The number of rotatable bonds is 5. The Labute approximate surface area is 115 Å². The number of hydrogen-bond acceptors (Lipinski definition) is 5. The van der Waals surface area contributed by atoms with Gasteiger partial charge in [-0.25, -0.2) is 4.98 Å². The van der Waals surface area contributed by atoms with E-state index in [1.54, 1.807) is 12.4 Å². The maximum absolute atomic E-state index is 12.0. The molecule has 0 aliphatic carbocycles. The first-order valence-corrected chi connectivity index (χ1v) is 6.72. The van der Waals surface area contributed by atoms with Crippen LogP contribution in [0.5, 0.6) is 0 Å². The molecule has 1 heterocycles. The van der Waals surface area contributed by atoms with Crippen LogP contribution in [-0.4, -0.2) is 29.7 Å². The number of amides is 1. The van der Waals surface area contributed by atoms with Crippen LogP contribution in [0.3, 0.4) is 0 Å². The first-order valence-electron chi connectivity index (χ1n) is 5.84. The quantitative estimate of drug-likeness (QED) is 0.777. The molecule has 0 aliphatic rings. The number of nitrogens with one attached hydrogen (secondary N) is 2. The van der Waals surface area contributed by atoms with E-state index in [2.05, 4.69) is 15.6 Å². The van der Waals surface area contributed by atoms with Gasteiger partial charge in [-0.15, -0.1) is 11.3 Å². The van der Waals surface area contributed by atoms with Gasteiger partial charge < -0.3 is 15.7 Å². The highest BCUT2D eigenvalue weighted by atomic mass is 32.1. The van der Waals surface area contributed by atoms with Gasteiger partial charge in [-0.05, 0) is 5.56 Å². The van der Waals surface area contributed by atoms with Crippen LogP contribution in [0.2, 0.25) is 0 Å². The van der Waals surface area contributed by atoms with E-state index < -0.39 is 6.04 Å². The van der Waals surface area contributed by atoms with Gasteiger partial charge in [0.25, 0.3) is 5.91 Å². The van der Waals surface area contributed by atoms with Gasteiger partial charge in [0.15, 0.2) is 5.13 Å². The molecule has 1 aromatic heterocycles. The Morgan fingerprint density at radius 3 is 2.74 bits per heavy atom. The van der Waals surface area contributed by atoms with Crippen LogP contribution < -0.4 is 10.6 Å². The molecule has 2 rings (SSSR count). The number of nitrogens with zero attached hydrogens (tertiary/aromatic N) is 1. The maximum atomic E-state index is 12.0. The van der Waals surface area contributed by atoms with Gasteiger partial charge in [0.05, 0.1) is 12.6 Å². The molecule has 0 radical (unpaired) electrons. The van der Waals surface area contributed by atoms with Gasteiger partial charge in [-0.2, -0.15) is 0 Å². The fourth-order valence-corrected chi connectivity index (χ4v) is 2.30. The molecular formula is C13H15N3O2S. The number of thiazole rings is 1. The molecule has 1 aromatic carbocycles. The van der Waals surface area contributed by atoms with E-state index in [9.17, 15) is 9.90 Å². The third-order valence-electron chi connectivity index (χ3n) is 2.64. The summed E-state index contributed by atoms with van der Waals surface area (Å²) in [6, 6.07) is 8.92. The normalized spacial score (nSPS) is 11.9. The van der Waals surface area contributed by atoms with Crippen molar-refractivity contribution >= 4 is 22.4 Å². The van der Waals surface area contributed by atoms with Crippen LogP contribution in [0.1, 0.15) is 22.1 Å².